The number of ether oxygens (including phenoxy) is 1. The van der Waals surface area contributed by atoms with Crippen molar-refractivity contribution < 1.29 is 4.74 Å². The molecule has 0 saturated heterocycles. The maximum atomic E-state index is 5.53. The molecule has 0 bridgehead atoms. The zero-order chi connectivity index (χ0) is 9.80. The lowest BCUT2D eigenvalue weighted by Gasteiger charge is -2.06. The third-order valence-corrected chi connectivity index (χ3v) is 2.02. The summed E-state index contributed by atoms with van der Waals surface area (Å²) >= 11 is 0. The largest absolute Gasteiger partial charge is 0.489 e. The molecule has 0 N–H and O–H groups in total. The van der Waals surface area contributed by atoms with Crippen LogP contribution in [0.25, 0.3) is 10.8 Å². The van der Waals surface area contributed by atoms with Crippen molar-refractivity contribution in [3.05, 3.63) is 55.1 Å². The monoisotopic (exact) mass is 183 g/mol. The van der Waals surface area contributed by atoms with Gasteiger partial charge in [0, 0.05) is 5.39 Å². The van der Waals surface area contributed by atoms with Gasteiger partial charge in [-0.05, 0) is 17.5 Å². The van der Waals surface area contributed by atoms with Crippen molar-refractivity contribution in [1.29, 1.82) is 0 Å². The highest BCUT2D eigenvalue weighted by Crippen LogP contribution is 2.24. The van der Waals surface area contributed by atoms with Crippen LogP contribution in [0.15, 0.2) is 49.1 Å². The van der Waals surface area contributed by atoms with E-state index < -0.39 is 0 Å². The smallest absolute Gasteiger partial charge is 0.127 e. The van der Waals surface area contributed by atoms with Crippen LogP contribution in [0, 0.1) is 6.07 Å². The molecule has 0 aliphatic rings. The van der Waals surface area contributed by atoms with E-state index in [2.05, 4.69) is 12.6 Å². The number of fused-ring (bicyclic) bond motifs is 1. The molecule has 0 spiro atoms. The summed E-state index contributed by atoms with van der Waals surface area (Å²) in [7, 11) is 0. The maximum absolute atomic E-state index is 5.53. The standard InChI is InChI=1S/C13H11O/c1-2-10-14-13-9-5-7-11-6-3-4-8-12(11)13/h2-5,7-9H,1,10H2. The van der Waals surface area contributed by atoms with E-state index in [4.69, 9.17) is 4.74 Å². The van der Waals surface area contributed by atoms with Crippen molar-refractivity contribution >= 4 is 10.8 Å². The molecule has 2 aromatic rings. The van der Waals surface area contributed by atoms with Gasteiger partial charge < -0.3 is 4.74 Å². The number of hydrogen-bond donors (Lipinski definition) is 0. The van der Waals surface area contributed by atoms with Gasteiger partial charge in [0.25, 0.3) is 0 Å². The summed E-state index contributed by atoms with van der Waals surface area (Å²) in [4.78, 5) is 0. The first-order valence-electron chi connectivity index (χ1n) is 4.55. The van der Waals surface area contributed by atoms with Gasteiger partial charge in [0.05, 0.1) is 0 Å². The summed E-state index contributed by atoms with van der Waals surface area (Å²) in [6.07, 6.45) is 1.74. The van der Waals surface area contributed by atoms with Gasteiger partial charge in [-0.3, -0.25) is 0 Å². The highest BCUT2D eigenvalue weighted by molar-refractivity contribution is 5.87. The van der Waals surface area contributed by atoms with E-state index in [-0.39, 0.29) is 0 Å². The Balaban J connectivity index is 2.48. The fraction of sp³-hybridized carbons (Fsp3) is 0.0769. The van der Waals surface area contributed by atoms with Crippen molar-refractivity contribution in [2.75, 3.05) is 6.61 Å². The number of hydrogen-bond acceptors (Lipinski definition) is 1. The first-order chi connectivity index (χ1) is 6.92. The van der Waals surface area contributed by atoms with Gasteiger partial charge in [0.2, 0.25) is 0 Å². The lowest BCUT2D eigenvalue weighted by Crippen LogP contribution is -1.93. The predicted molar refractivity (Wildman–Crippen MR) is 58.5 cm³/mol. The van der Waals surface area contributed by atoms with Crippen LogP contribution < -0.4 is 4.74 Å². The van der Waals surface area contributed by atoms with E-state index in [0.29, 0.717) is 6.61 Å². The predicted octanol–water partition coefficient (Wildman–Crippen LogP) is 3.20. The first kappa shape index (κ1) is 8.82. The Morgan fingerprint density at radius 2 is 2.21 bits per heavy atom. The molecular weight excluding hydrogens is 172 g/mol. The molecule has 0 heterocycles. The molecule has 0 aliphatic carbocycles. The molecular formula is C13H11O. The van der Waals surface area contributed by atoms with Crippen molar-refractivity contribution in [3.8, 4) is 5.75 Å². The highest BCUT2D eigenvalue weighted by atomic mass is 16.5. The molecule has 0 amide bonds. The van der Waals surface area contributed by atoms with Gasteiger partial charge in [0.1, 0.15) is 12.4 Å². The SMILES string of the molecule is C=CCOc1cccc2[c]cccc12. The molecule has 1 heteroatoms. The fourth-order valence-electron chi connectivity index (χ4n) is 1.40. The quantitative estimate of drug-likeness (QED) is 0.664. The van der Waals surface area contributed by atoms with Gasteiger partial charge in [-0.25, -0.2) is 0 Å². The molecule has 0 aliphatic heterocycles. The second kappa shape index (κ2) is 3.97. The summed E-state index contributed by atoms with van der Waals surface area (Å²) in [6.45, 7) is 4.16. The molecule has 1 radical (unpaired) electrons. The van der Waals surface area contributed by atoms with E-state index in [0.717, 1.165) is 16.5 Å². The molecule has 69 valence electrons. The Bertz CT molecular complexity index is 440. The van der Waals surface area contributed by atoms with Crippen LogP contribution in [0.5, 0.6) is 5.75 Å². The zero-order valence-corrected chi connectivity index (χ0v) is 7.86. The van der Waals surface area contributed by atoms with Gasteiger partial charge in [-0.15, -0.1) is 0 Å². The van der Waals surface area contributed by atoms with Crippen molar-refractivity contribution in [1.82, 2.24) is 0 Å². The molecule has 2 rings (SSSR count). The first-order valence-corrected chi connectivity index (χ1v) is 4.55. The second-order valence-electron chi connectivity index (χ2n) is 2.99. The summed E-state index contributed by atoms with van der Waals surface area (Å²) < 4.78 is 5.53. The van der Waals surface area contributed by atoms with Crippen LogP contribution in [-0.4, -0.2) is 6.61 Å². The van der Waals surface area contributed by atoms with Gasteiger partial charge in [-0.2, -0.15) is 0 Å². The number of rotatable bonds is 3. The van der Waals surface area contributed by atoms with Crippen LogP contribution in [0.1, 0.15) is 0 Å². The molecule has 0 saturated carbocycles. The lowest BCUT2D eigenvalue weighted by atomic mass is 10.1. The Morgan fingerprint density at radius 1 is 1.29 bits per heavy atom. The van der Waals surface area contributed by atoms with E-state index >= 15 is 0 Å². The summed E-state index contributed by atoms with van der Waals surface area (Å²) in [5.41, 5.74) is 0. The fourth-order valence-corrected chi connectivity index (χ4v) is 1.40. The highest BCUT2D eigenvalue weighted by Gasteiger charge is 1.99. The minimum absolute atomic E-state index is 0.536. The molecule has 0 unspecified atom stereocenters. The summed E-state index contributed by atoms with van der Waals surface area (Å²) in [6, 6.07) is 15.0. The van der Waals surface area contributed by atoms with Gasteiger partial charge in [0.15, 0.2) is 0 Å². The molecule has 0 fully saturated rings. The molecule has 1 nitrogen and oxygen atoms in total. The van der Waals surface area contributed by atoms with E-state index in [9.17, 15) is 0 Å². The molecule has 0 atom stereocenters. The minimum Gasteiger partial charge on any atom is -0.489 e. The van der Waals surface area contributed by atoms with Crippen LogP contribution in [0.3, 0.4) is 0 Å². The Kier molecular flexibility index (Phi) is 2.50. The Labute approximate surface area is 83.6 Å². The molecule has 0 aromatic heterocycles. The van der Waals surface area contributed by atoms with Crippen molar-refractivity contribution in [2.45, 2.75) is 0 Å². The average Bonchev–Trinajstić information content (AvgIpc) is 2.26. The molecule has 14 heavy (non-hydrogen) atoms. The van der Waals surface area contributed by atoms with E-state index in [1.807, 2.05) is 36.4 Å². The van der Waals surface area contributed by atoms with Crippen LogP contribution in [0.2, 0.25) is 0 Å². The van der Waals surface area contributed by atoms with Crippen LogP contribution in [-0.2, 0) is 0 Å². The Morgan fingerprint density at radius 3 is 3.07 bits per heavy atom. The van der Waals surface area contributed by atoms with Crippen molar-refractivity contribution in [3.63, 3.8) is 0 Å². The topological polar surface area (TPSA) is 9.23 Å². The minimum atomic E-state index is 0.536. The lowest BCUT2D eigenvalue weighted by molar-refractivity contribution is 0.367. The van der Waals surface area contributed by atoms with Crippen LogP contribution >= 0.6 is 0 Å². The Hall–Kier alpha value is -1.76. The van der Waals surface area contributed by atoms with Gasteiger partial charge >= 0.3 is 0 Å². The maximum Gasteiger partial charge on any atom is 0.127 e. The number of benzene rings is 2. The normalized spacial score (nSPS) is 10.0. The third-order valence-electron chi connectivity index (χ3n) is 2.02. The average molecular weight is 183 g/mol. The molecule has 2 aromatic carbocycles. The zero-order valence-electron chi connectivity index (χ0n) is 7.86. The summed E-state index contributed by atoms with van der Waals surface area (Å²) in [5, 5.41) is 2.17. The van der Waals surface area contributed by atoms with Crippen LogP contribution in [0.4, 0.5) is 0 Å². The van der Waals surface area contributed by atoms with E-state index in [1.54, 1.807) is 6.08 Å². The van der Waals surface area contributed by atoms with E-state index in [1.165, 1.54) is 0 Å². The van der Waals surface area contributed by atoms with Gasteiger partial charge in [-0.1, -0.05) is 43.0 Å². The third kappa shape index (κ3) is 1.62. The van der Waals surface area contributed by atoms with Crippen molar-refractivity contribution in [2.24, 2.45) is 0 Å². The second-order valence-corrected chi connectivity index (χ2v) is 2.99. The summed E-state index contributed by atoms with van der Waals surface area (Å²) in [5.74, 6) is 0.888.